The van der Waals surface area contributed by atoms with Crippen molar-refractivity contribution in [3.05, 3.63) is 42.5 Å². The minimum absolute atomic E-state index is 0.928. The van der Waals surface area contributed by atoms with Crippen LogP contribution in [0.3, 0.4) is 0 Å². The third-order valence-electron chi connectivity index (χ3n) is 5.13. The van der Waals surface area contributed by atoms with E-state index in [9.17, 15) is 0 Å². The second-order valence-electron chi connectivity index (χ2n) is 6.87. The van der Waals surface area contributed by atoms with E-state index in [1.165, 1.54) is 19.3 Å². The lowest BCUT2D eigenvalue weighted by Gasteiger charge is -2.35. The van der Waals surface area contributed by atoms with Crippen molar-refractivity contribution in [2.24, 2.45) is 0 Å². The van der Waals surface area contributed by atoms with Crippen molar-refractivity contribution in [1.82, 2.24) is 19.9 Å². The average Bonchev–Trinajstić information content (AvgIpc) is 2.70. The fourth-order valence-corrected chi connectivity index (χ4v) is 3.66. The van der Waals surface area contributed by atoms with Gasteiger partial charge in [-0.1, -0.05) is 6.07 Å². The lowest BCUT2D eigenvalue weighted by Crippen LogP contribution is -2.46. The van der Waals surface area contributed by atoms with Crippen molar-refractivity contribution in [1.29, 1.82) is 0 Å². The Morgan fingerprint density at radius 1 is 0.760 bits per heavy atom. The standard InChI is InChI=1S/C19H26N6/c1-4-8-24(9-5-1)18-14-19(22-16-21-18)25-12-10-23(11-13-25)15-17-6-2-3-7-20-17/h2-3,6-7,14,16H,1,4-5,8-13,15H2. The fraction of sp³-hybridized carbons (Fsp3) is 0.526. The number of aromatic nitrogens is 3. The van der Waals surface area contributed by atoms with E-state index in [2.05, 4.69) is 47.9 Å². The lowest BCUT2D eigenvalue weighted by atomic mass is 10.1. The molecule has 132 valence electrons. The van der Waals surface area contributed by atoms with Crippen LogP contribution in [-0.2, 0) is 6.54 Å². The van der Waals surface area contributed by atoms with E-state index in [1.54, 1.807) is 6.33 Å². The molecule has 0 aromatic carbocycles. The first-order chi connectivity index (χ1) is 12.4. The normalized spacial score (nSPS) is 19.2. The molecule has 2 fully saturated rings. The molecule has 25 heavy (non-hydrogen) atoms. The van der Waals surface area contributed by atoms with Crippen LogP contribution in [0.5, 0.6) is 0 Å². The van der Waals surface area contributed by atoms with Crippen molar-refractivity contribution < 1.29 is 0 Å². The molecule has 0 bridgehead atoms. The van der Waals surface area contributed by atoms with Crippen LogP contribution in [0.2, 0.25) is 0 Å². The monoisotopic (exact) mass is 338 g/mol. The van der Waals surface area contributed by atoms with Crippen molar-refractivity contribution >= 4 is 11.6 Å². The van der Waals surface area contributed by atoms with Gasteiger partial charge in [0, 0.05) is 58.1 Å². The number of rotatable bonds is 4. The maximum Gasteiger partial charge on any atom is 0.134 e. The van der Waals surface area contributed by atoms with Gasteiger partial charge in [-0.3, -0.25) is 9.88 Å². The molecule has 2 aromatic heterocycles. The van der Waals surface area contributed by atoms with Gasteiger partial charge in [-0.15, -0.1) is 0 Å². The minimum atomic E-state index is 0.928. The van der Waals surface area contributed by atoms with Crippen molar-refractivity contribution in [2.75, 3.05) is 49.1 Å². The summed E-state index contributed by atoms with van der Waals surface area (Å²) in [6.45, 7) is 7.26. The third-order valence-corrected chi connectivity index (χ3v) is 5.13. The lowest BCUT2D eigenvalue weighted by molar-refractivity contribution is 0.246. The number of hydrogen-bond donors (Lipinski definition) is 0. The largest absolute Gasteiger partial charge is 0.356 e. The Morgan fingerprint density at radius 2 is 1.48 bits per heavy atom. The highest BCUT2D eigenvalue weighted by Crippen LogP contribution is 2.22. The van der Waals surface area contributed by atoms with E-state index in [0.29, 0.717) is 0 Å². The molecular weight excluding hydrogens is 312 g/mol. The van der Waals surface area contributed by atoms with Crippen LogP contribution < -0.4 is 9.80 Å². The SMILES string of the molecule is c1ccc(CN2CCN(c3cc(N4CCCCC4)ncn3)CC2)nc1. The average molecular weight is 338 g/mol. The first-order valence-corrected chi connectivity index (χ1v) is 9.33. The Hall–Kier alpha value is -2.21. The van der Waals surface area contributed by atoms with Gasteiger partial charge >= 0.3 is 0 Å². The molecule has 0 amide bonds. The quantitative estimate of drug-likeness (QED) is 0.852. The van der Waals surface area contributed by atoms with Crippen molar-refractivity contribution in [3.63, 3.8) is 0 Å². The Balaban J connectivity index is 1.36. The molecule has 4 heterocycles. The number of anilines is 2. The van der Waals surface area contributed by atoms with Crippen LogP contribution >= 0.6 is 0 Å². The smallest absolute Gasteiger partial charge is 0.134 e. The topological polar surface area (TPSA) is 48.4 Å². The van der Waals surface area contributed by atoms with Crippen LogP contribution in [0, 0.1) is 0 Å². The fourth-order valence-electron chi connectivity index (χ4n) is 3.66. The third kappa shape index (κ3) is 4.07. The predicted octanol–water partition coefficient (Wildman–Crippen LogP) is 2.18. The van der Waals surface area contributed by atoms with Crippen molar-refractivity contribution in [2.45, 2.75) is 25.8 Å². The molecule has 2 saturated heterocycles. The summed E-state index contributed by atoms with van der Waals surface area (Å²) >= 11 is 0. The van der Waals surface area contributed by atoms with Crippen LogP contribution in [-0.4, -0.2) is 59.1 Å². The highest BCUT2D eigenvalue weighted by Gasteiger charge is 2.20. The highest BCUT2D eigenvalue weighted by molar-refractivity contribution is 5.50. The number of hydrogen-bond acceptors (Lipinski definition) is 6. The molecular formula is C19H26N6. The van der Waals surface area contributed by atoms with Gasteiger partial charge in [0.1, 0.15) is 18.0 Å². The zero-order valence-corrected chi connectivity index (χ0v) is 14.7. The summed E-state index contributed by atoms with van der Waals surface area (Å²) in [6.07, 6.45) is 7.47. The molecule has 0 saturated carbocycles. The second-order valence-corrected chi connectivity index (χ2v) is 6.87. The predicted molar refractivity (Wildman–Crippen MR) is 99.8 cm³/mol. The van der Waals surface area contributed by atoms with E-state index < -0.39 is 0 Å². The van der Waals surface area contributed by atoms with Crippen LogP contribution in [0.15, 0.2) is 36.8 Å². The Kier molecular flexibility index (Phi) is 5.06. The molecule has 2 aliphatic heterocycles. The van der Waals surface area contributed by atoms with Crippen LogP contribution in [0.4, 0.5) is 11.6 Å². The molecule has 0 radical (unpaired) electrons. The Labute approximate surface area is 149 Å². The molecule has 0 N–H and O–H groups in total. The van der Waals surface area contributed by atoms with E-state index in [0.717, 1.165) is 63.1 Å². The number of piperazine rings is 1. The first kappa shape index (κ1) is 16.3. The van der Waals surface area contributed by atoms with Gasteiger partial charge in [0.15, 0.2) is 0 Å². The molecule has 0 aliphatic carbocycles. The molecule has 2 aliphatic rings. The molecule has 2 aromatic rings. The van der Waals surface area contributed by atoms with E-state index in [4.69, 9.17) is 0 Å². The summed E-state index contributed by atoms with van der Waals surface area (Å²) in [5.74, 6) is 2.15. The molecule has 0 unspecified atom stereocenters. The number of pyridine rings is 1. The summed E-state index contributed by atoms with van der Waals surface area (Å²) in [5, 5.41) is 0. The van der Waals surface area contributed by atoms with E-state index >= 15 is 0 Å². The molecule has 6 heteroatoms. The highest BCUT2D eigenvalue weighted by atomic mass is 15.3. The van der Waals surface area contributed by atoms with Crippen molar-refractivity contribution in [3.8, 4) is 0 Å². The summed E-state index contributed by atoms with van der Waals surface area (Å²) in [6, 6.07) is 8.29. The minimum Gasteiger partial charge on any atom is -0.356 e. The number of piperidine rings is 1. The summed E-state index contributed by atoms with van der Waals surface area (Å²) in [5.41, 5.74) is 1.14. The van der Waals surface area contributed by atoms with E-state index in [1.807, 2.05) is 12.3 Å². The number of nitrogens with zero attached hydrogens (tertiary/aromatic N) is 6. The second kappa shape index (κ2) is 7.78. The van der Waals surface area contributed by atoms with Gasteiger partial charge in [-0.25, -0.2) is 9.97 Å². The van der Waals surface area contributed by atoms with Crippen LogP contribution in [0.1, 0.15) is 25.0 Å². The first-order valence-electron chi connectivity index (χ1n) is 9.33. The maximum atomic E-state index is 4.52. The Morgan fingerprint density at radius 3 is 2.16 bits per heavy atom. The summed E-state index contributed by atoms with van der Waals surface area (Å²) < 4.78 is 0. The van der Waals surface area contributed by atoms with Gasteiger partial charge in [-0.05, 0) is 31.4 Å². The van der Waals surface area contributed by atoms with Gasteiger partial charge in [0.05, 0.1) is 5.69 Å². The summed E-state index contributed by atoms with van der Waals surface area (Å²) in [4.78, 5) is 20.7. The van der Waals surface area contributed by atoms with Crippen LogP contribution in [0.25, 0.3) is 0 Å². The van der Waals surface area contributed by atoms with Gasteiger partial charge in [0.2, 0.25) is 0 Å². The zero-order chi connectivity index (χ0) is 16.9. The molecule has 0 spiro atoms. The van der Waals surface area contributed by atoms with Gasteiger partial charge < -0.3 is 9.80 Å². The molecule has 0 atom stereocenters. The Bertz CT molecular complexity index is 663. The van der Waals surface area contributed by atoms with Gasteiger partial charge in [-0.2, -0.15) is 0 Å². The van der Waals surface area contributed by atoms with E-state index in [-0.39, 0.29) is 0 Å². The van der Waals surface area contributed by atoms with Gasteiger partial charge in [0.25, 0.3) is 0 Å². The molecule has 4 rings (SSSR count). The maximum absolute atomic E-state index is 4.52. The molecule has 6 nitrogen and oxygen atoms in total. The summed E-state index contributed by atoms with van der Waals surface area (Å²) in [7, 11) is 0. The zero-order valence-electron chi connectivity index (χ0n) is 14.7.